The van der Waals surface area contributed by atoms with Crippen LogP contribution in [0.5, 0.6) is 0 Å². The molecular weight excluding hydrogens is 669 g/mol. The van der Waals surface area contributed by atoms with Crippen LogP contribution in [0.25, 0.3) is 82.5 Å². The van der Waals surface area contributed by atoms with Gasteiger partial charge in [0.15, 0.2) is 0 Å². The van der Waals surface area contributed by atoms with E-state index in [1.54, 1.807) is 0 Å². The van der Waals surface area contributed by atoms with Crippen molar-refractivity contribution in [3.8, 4) is 27.9 Å². The summed E-state index contributed by atoms with van der Waals surface area (Å²) in [4.78, 5) is 2.37. The Morgan fingerprint density at radius 3 is 1.65 bits per heavy atom. The second-order valence-corrected chi connectivity index (χ2v) is 14.1. The molecular formula is C52H34N2O. The smallest absolute Gasteiger partial charge is 0.143 e. The van der Waals surface area contributed by atoms with Crippen molar-refractivity contribution >= 4 is 71.6 Å². The van der Waals surface area contributed by atoms with E-state index in [2.05, 4.69) is 204 Å². The van der Waals surface area contributed by atoms with Crippen molar-refractivity contribution in [2.75, 3.05) is 4.90 Å². The quantitative estimate of drug-likeness (QED) is 0.172. The van der Waals surface area contributed by atoms with Crippen LogP contribution in [-0.4, -0.2) is 4.57 Å². The van der Waals surface area contributed by atoms with E-state index in [0.29, 0.717) is 0 Å². The number of rotatable bonds is 6. The Bertz CT molecular complexity index is 3150. The highest BCUT2D eigenvalue weighted by Crippen LogP contribution is 2.45. The third-order valence-corrected chi connectivity index (χ3v) is 11.0. The van der Waals surface area contributed by atoms with Gasteiger partial charge in [0.2, 0.25) is 0 Å². The lowest BCUT2D eigenvalue weighted by molar-refractivity contribution is 0.670. The first kappa shape index (κ1) is 31.2. The predicted octanol–water partition coefficient (Wildman–Crippen LogP) is 14.6. The summed E-state index contributed by atoms with van der Waals surface area (Å²) in [7, 11) is 0. The molecule has 55 heavy (non-hydrogen) atoms. The van der Waals surface area contributed by atoms with Gasteiger partial charge in [-0.15, -0.1) is 0 Å². The molecule has 3 heteroatoms. The minimum Gasteiger partial charge on any atom is -0.455 e. The van der Waals surface area contributed by atoms with Crippen LogP contribution in [0.1, 0.15) is 0 Å². The van der Waals surface area contributed by atoms with Gasteiger partial charge in [-0.25, -0.2) is 0 Å². The molecule has 2 heterocycles. The normalized spacial score (nSPS) is 11.6. The molecule has 0 atom stereocenters. The highest BCUT2D eigenvalue weighted by Gasteiger charge is 2.21. The van der Waals surface area contributed by atoms with E-state index in [9.17, 15) is 0 Å². The zero-order valence-electron chi connectivity index (χ0n) is 29.9. The highest BCUT2D eigenvalue weighted by molar-refractivity contribution is 6.11. The van der Waals surface area contributed by atoms with Crippen LogP contribution < -0.4 is 4.90 Å². The van der Waals surface area contributed by atoms with Gasteiger partial charge in [0.05, 0.1) is 16.7 Å². The first-order valence-electron chi connectivity index (χ1n) is 18.8. The first-order chi connectivity index (χ1) is 27.3. The fourth-order valence-electron chi connectivity index (χ4n) is 8.50. The van der Waals surface area contributed by atoms with Crippen molar-refractivity contribution in [2.24, 2.45) is 0 Å². The maximum Gasteiger partial charge on any atom is 0.143 e. The standard InChI is InChI=1S/C52H34N2O/c1-2-15-40-35(13-1)14-11-20-41(40)36-27-29-37(30-28-36)53(38-31-33-39(34-32-38)54-49-24-8-3-16-42(49)43-17-4-9-25-50(43)54)48-23-7-5-18-44(48)46-21-12-22-47-45-19-6-10-26-51(45)55-52(46)47/h1-34H. The maximum atomic E-state index is 6.59. The molecule has 3 nitrogen and oxygen atoms in total. The molecule has 0 aliphatic carbocycles. The Morgan fingerprint density at radius 2 is 0.891 bits per heavy atom. The Morgan fingerprint density at radius 1 is 0.364 bits per heavy atom. The number of hydrogen-bond donors (Lipinski definition) is 0. The van der Waals surface area contributed by atoms with E-state index in [4.69, 9.17) is 4.42 Å². The Kier molecular flexibility index (Phi) is 7.17. The molecule has 9 aromatic carbocycles. The van der Waals surface area contributed by atoms with Crippen LogP contribution in [0.2, 0.25) is 0 Å². The summed E-state index contributed by atoms with van der Waals surface area (Å²) in [6.45, 7) is 0. The fourth-order valence-corrected chi connectivity index (χ4v) is 8.50. The molecule has 0 saturated carbocycles. The molecule has 0 aliphatic heterocycles. The van der Waals surface area contributed by atoms with Crippen LogP contribution in [0, 0.1) is 0 Å². The van der Waals surface area contributed by atoms with Gasteiger partial charge < -0.3 is 13.9 Å². The average molecular weight is 703 g/mol. The third-order valence-electron chi connectivity index (χ3n) is 11.0. The molecule has 0 fully saturated rings. The molecule has 11 aromatic rings. The Balaban J connectivity index is 1.09. The lowest BCUT2D eigenvalue weighted by Gasteiger charge is -2.28. The SMILES string of the molecule is c1ccc(N(c2ccc(-c3cccc4ccccc34)cc2)c2ccc(-n3c4ccccc4c4ccccc43)cc2)c(-c2cccc3c2oc2ccccc23)c1. The summed E-state index contributed by atoms with van der Waals surface area (Å²) in [5.74, 6) is 0. The minimum absolute atomic E-state index is 0.893. The lowest BCUT2D eigenvalue weighted by atomic mass is 9.97. The molecule has 0 spiro atoms. The largest absolute Gasteiger partial charge is 0.455 e. The van der Waals surface area contributed by atoms with Crippen molar-refractivity contribution in [3.05, 3.63) is 206 Å². The van der Waals surface area contributed by atoms with E-state index >= 15 is 0 Å². The summed E-state index contributed by atoms with van der Waals surface area (Å²) >= 11 is 0. The third kappa shape index (κ3) is 5.05. The van der Waals surface area contributed by atoms with Crippen LogP contribution in [0.15, 0.2) is 211 Å². The molecule has 0 saturated heterocycles. The van der Waals surface area contributed by atoms with E-state index in [1.807, 2.05) is 12.1 Å². The van der Waals surface area contributed by atoms with Crippen LogP contribution in [0.3, 0.4) is 0 Å². The molecule has 0 aliphatic rings. The van der Waals surface area contributed by atoms with E-state index in [0.717, 1.165) is 55.8 Å². The number of fused-ring (bicyclic) bond motifs is 7. The van der Waals surface area contributed by atoms with Gasteiger partial charge in [0, 0.05) is 49.7 Å². The topological polar surface area (TPSA) is 21.3 Å². The molecule has 0 unspecified atom stereocenters. The Hall–Kier alpha value is -7.36. The van der Waals surface area contributed by atoms with Gasteiger partial charge in [-0.1, -0.05) is 146 Å². The molecule has 0 amide bonds. The van der Waals surface area contributed by atoms with Gasteiger partial charge in [-0.2, -0.15) is 0 Å². The number of anilines is 3. The Labute approximate surface area is 318 Å². The number of furan rings is 1. The highest BCUT2D eigenvalue weighted by atomic mass is 16.3. The van der Waals surface area contributed by atoms with Crippen LogP contribution >= 0.6 is 0 Å². The number of para-hydroxylation sites is 5. The van der Waals surface area contributed by atoms with E-state index in [-0.39, 0.29) is 0 Å². The molecule has 0 N–H and O–H groups in total. The molecule has 2 aromatic heterocycles. The summed E-state index contributed by atoms with van der Waals surface area (Å²) in [5.41, 5.74) is 13.1. The van der Waals surface area contributed by atoms with Gasteiger partial charge in [-0.3, -0.25) is 0 Å². The summed E-state index contributed by atoms with van der Waals surface area (Å²) in [6, 6.07) is 73.9. The number of hydrogen-bond acceptors (Lipinski definition) is 2. The van der Waals surface area contributed by atoms with Crippen molar-refractivity contribution in [1.82, 2.24) is 4.57 Å². The molecule has 258 valence electrons. The summed E-state index contributed by atoms with van der Waals surface area (Å²) < 4.78 is 8.96. The monoisotopic (exact) mass is 702 g/mol. The fraction of sp³-hybridized carbons (Fsp3) is 0. The molecule has 0 radical (unpaired) electrons. The van der Waals surface area contributed by atoms with Crippen molar-refractivity contribution in [2.45, 2.75) is 0 Å². The van der Waals surface area contributed by atoms with Gasteiger partial charge in [0.1, 0.15) is 11.2 Å². The van der Waals surface area contributed by atoms with E-state index in [1.165, 1.54) is 43.7 Å². The molecule has 0 bridgehead atoms. The second kappa shape index (κ2) is 12.6. The van der Waals surface area contributed by atoms with Crippen molar-refractivity contribution in [3.63, 3.8) is 0 Å². The maximum absolute atomic E-state index is 6.59. The zero-order chi connectivity index (χ0) is 36.3. The number of nitrogens with zero attached hydrogens (tertiary/aromatic N) is 2. The second-order valence-electron chi connectivity index (χ2n) is 14.1. The minimum atomic E-state index is 0.893. The van der Waals surface area contributed by atoms with Crippen molar-refractivity contribution < 1.29 is 4.42 Å². The number of aromatic nitrogens is 1. The predicted molar refractivity (Wildman–Crippen MR) is 231 cm³/mol. The zero-order valence-corrected chi connectivity index (χ0v) is 29.9. The first-order valence-corrected chi connectivity index (χ1v) is 18.8. The summed E-state index contributed by atoms with van der Waals surface area (Å²) in [6.07, 6.45) is 0. The van der Waals surface area contributed by atoms with Crippen LogP contribution in [-0.2, 0) is 0 Å². The van der Waals surface area contributed by atoms with Gasteiger partial charge >= 0.3 is 0 Å². The lowest BCUT2D eigenvalue weighted by Crippen LogP contribution is -2.11. The van der Waals surface area contributed by atoms with Crippen LogP contribution in [0.4, 0.5) is 17.1 Å². The molecule has 11 rings (SSSR count). The van der Waals surface area contributed by atoms with Gasteiger partial charge in [0.25, 0.3) is 0 Å². The van der Waals surface area contributed by atoms with Crippen molar-refractivity contribution in [1.29, 1.82) is 0 Å². The van der Waals surface area contributed by atoms with E-state index < -0.39 is 0 Å². The average Bonchev–Trinajstić information content (AvgIpc) is 3.81. The number of benzene rings is 9. The summed E-state index contributed by atoms with van der Waals surface area (Å²) in [5, 5.41) is 7.23. The van der Waals surface area contributed by atoms with Gasteiger partial charge in [-0.05, 0) is 82.6 Å².